The molecule has 1 heterocycles. The molecule has 0 radical (unpaired) electrons. The number of hydrogen-bond acceptors (Lipinski definition) is 2. The Balaban J connectivity index is 1.98. The van der Waals surface area contributed by atoms with Crippen LogP contribution in [0.2, 0.25) is 0 Å². The Morgan fingerprint density at radius 2 is 2.18 bits per heavy atom. The Hall–Kier alpha value is -1.91. The molecule has 1 fully saturated rings. The van der Waals surface area contributed by atoms with Gasteiger partial charge in [0.05, 0.1) is 0 Å². The standard InChI is InChI=1S/C17H22FNO3/c1-12(9-13-5-3-6-14(18)11-13)10-15(20)19-8-4-7-17(19,2)16(21)22/h3,5-6,11-12H,4,7-10H2,1-2H3,(H,21,22). The average Bonchev–Trinajstić information content (AvgIpc) is 2.82. The van der Waals surface area contributed by atoms with Gasteiger partial charge in [0, 0.05) is 13.0 Å². The molecule has 2 rings (SSSR count). The molecular formula is C17H22FNO3. The summed E-state index contributed by atoms with van der Waals surface area (Å²) in [7, 11) is 0. The van der Waals surface area contributed by atoms with E-state index in [2.05, 4.69) is 0 Å². The second-order valence-corrected chi connectivity index (χ2v) is 6.37. The van der Waals surface area contributed by atoms with Crippen LogP contribution >= 0.6 is 0 Å². The van der Waals surface area contributed by atoms with E-state index in [4.69, 9.17) is 0 Å². The number of likely N-dealkylation sites (tertiary alicyclic amines) is 1. The molecular weight excluding hydrogens is 285 g/mol. The van der Waals surface area contributed by atoms with Crippen molar-refractivity contribution in [2.24, 2.45) is 5.92 Å². The highest BCUT2D eigenvalue weighted by molar-refractivity contribution is 5.87. The van der Waals surface area contributed by atoms with Gasteiger partial charge in [-0.1, -0.05) is 19.1 Å². The Morgan fingerprint density at radius 1 is 1.45 bits per heavy atom. The molecule has 5 heteroatoms. The summed E-state index contributed by atoms with van der Waals surface area (Å²) in [5.74, 6) is -1.33. The first-order valence-corrected chi connectivity index (χ1v) is 7.61. The minimum Gasteiger partial charge on any atom is -0.480 e. The zero-order chi connectivity index (χ0) is 16.3. The lowest BCUT2D eigenvalue weighted by Crippen LogP contribution is -2.51. The van der Waals surface area contributed by atoms with Gasteiger partial charge >= 0.3 is 5.97 Å². The van der Waals surface area contributed by atoms with Gasteiger partial charge in [-0.25, -0.2) is 9.18 Å². The molecule has 0 aromatic heterocycles. The zero-order valence-corrected chi connectivity index (χ0v) is 13.0. The van der Waals surface area contributed by atoms with E-state index in [1.165, 1.54) is 17.0 Å². The van der Waals surface area contributed by atoms with Crippen LogP contribution in [0.4, 0.5) is 4.39 Å². The van der Waals surface area contributed by atoms with E-state index in [1.54, 1.807) is 13.0 Å². The Bertz CT molecular complexity index is 575. The maximum absolute atomic E-state index is 13.2. The Kier molecular flexibility index (Phi) is 4.84. The summed E-state index contributed by atoms with van der Waals surface area (Å²) in [6.45, 7) is 4.03. The number of hydrogen-bond donors (Lipinski definition) is 1. The molecule has 1 aromatic rings. The number of rotatable bonds is 5. The number of carbonyl (C=O) groups excluding carboxylic acids is 1. The molecule has 0 aliphatic carbocycles. The predicted molar refractivity (Wildman–Crippen MR) is 80.9 cm³/mol. The third-order valence-corrected chi connectivity index (χ3v) is 4.40. The van der Waals surface area contributed by atoms with Crippen LogP contribution in [0.25, 0.3) is 0 Å². The lowest BCUT2D eigenvalue weighted by molar-refractivity contribution is -0.155. The summed E-state index contributed by atoms with van der Waals surface area (Å²) in [5, 5.41) is 9.36. The van der Waals surface area contributed by atoms with Crippen molar-refractivity contribution in [2.75, 3.05) is 6.54 Å². The molecule has 2 unspecified atom stereocenters. The number of carboxylic acids is 1. The predicted octanol–water partition coefficient (Wildman–Crippen LogP) is 2.86. The Labute approximate surface area is 129 Å². The second-order valence-electron chi connectivity index (χ2n) is 6.37. The number of carboxylic acid groups (broad SMARTS) is 1. The van der Waals surface area contributed by atoms with E-state index in [0.29, 0.717) is 25.8 Å². The van der Waals surface area contributed by atoms with Gasteiger partial charge in [0.1, 0.15) is 11.4 Å². The summed E-state index contributed by atoms with van der Waals surface area (Å²) in [6, 6.07) is 6.35. The van der Waals surface area contributed by atoms with Gasteiger partial charge in [-0.2, -0.15) is 0 Å². The van der Waals surface area contributed by atoms with E-state index in [-0.39, 0.29) is 24.1 Å². The number of nitrogens with zero attached hydrogens (tertiary/aromatic N) is 1. The van der Waals surface area contributed by atoms with Crippen LogP contribution in [0.5, 0.6) is 0 Å². The molecule has 2 atom stereocenters. The van der Waals surface area contributed by atoms with E-state index in [9.17, 15) is 19.1 Å². The first-order chi connectivity index (χ1) is 10.3. The van der Waals surface area contributed by atoms with Crippen molar-refractivity contribution in [3.8, 4) is 0 Å². The number of carbonyl (C=O) groups is 2. The SMILES string of the molecule is CC(CC(=O)N1CCCC1(C)C(=O)O)Cc1cccc(F)c1. The van der Waals surface area contributed by atoms with Crippen LogP contribution < -0.4 is 0 Å². The highest BCUT2D eigenvalue weighted by Gasteiger charge is 2.45. The van der Waals surface area contributed by atoms with Gasteiger partial charge in [-0.15, -0.1) is 0 Å². The summed E-state index contributed by atoms with van der Waals surface area (Å²) >= 11 is 0. The molecule has 0 bridgehead atoms. The molecule has 1 aromatic carbocycles. The molecule has 22 heavy (non-hydrogen) atoms. The number of amides is 1. The van der Waals surface area contributed by atoms with Crippen LogP contribution in [0, 0.1) is 11.7 Å². The van der Waals surface area contributed by atoms with Gasteiger partial charge in [0.2, 0.25) is 5.91 Å². The number of halogens is 1. The first kappa shape index (κ1) is 16.5. The minimum absolute atomic E-state index is 0.0351. The Morgan fingerprint density at radius 3 is 2.82 bits per heavy atom. The highest BCUT2D eigenvalue weighted by Crippen LogP contribution is 2.30. The topological polar surface area (TPSA) is 57.6 Å². The van der Waals surface area contributed by atoms with E-state index >= 15 is 0 Å². The number of aliphatic carboxylic acids is 1. The molecule has 0 saturated carbocycles. The van der Waals surface area contributed by atoms with Crippen LogP contribution in [0.3, 0.4) is 0 Å². The fourth-order valence-corrected chi connectivity index (χ4v) is 3.13. The summed E-state index contributed by atoms with van der Waals surface area (Å²) in [5.41, 5.74) is -0.238. The molecule has 0 spiro atoms. The summed E-state index contributed by atoms with van der Waals surface area (Å²) < 4.78 is 13.2. The second kappa shape index (κ2) is 6.46. The fourth-order valence-electron chi connectivity index (χ4n) is 3.13. The lowest BCUT2D eigenvalue weighted by Gasteiger charge is -2.32. The van der Waals surface area contributed by atoms with Gasteiger partial charge in [-0.3, -0.25) is 4.79 Å². The van der Waals surface area contributed by atoms with Crippen LogP contribution in [0.15, 0.2) is 24.3 Å². The van der Waals surface area contributed by atoms with Crippen molar-refractivity contribution in [1.82, 2.24) is 4.90 Å². The van der Waals surface area contributed by atoms with Gasteiger partial charge < -0.3 is 10.0 Å². The maximum Gasteiger partial charge on any atom is 0.329 e. The third kappa shape index (κ3) is 3.46. The van der Waals surface area contributed by atoms with Crippen LogP contribution in [0.1, 0.15) is 38.7 Å². The monoisotopic (exact) mass is 307 g/mol. The van der Waals surface area contributed by atoms with Crippen molar-refractivity contribution in [3.63, 3.8) is 0 Å². The van der Waals surface area contributed by atoms with Crippen molar-refractivity contribution in [2.45, 2.75) is 45.1 Å². The molecule has 4 nitrogen and oxygen atoms in total. The fraction of sp³-hybridized carbons (Fsp3) is 0.529. The molecule has 1 saturated heterocycles. The van der Waals surface area contributed by atoms with Gasteiger partial charge in [0.25, 0.3) is 0 Å². The summed E-state index contributed by atoms with van der Waals surface area (Å²) in [4.78, 5) is 25.3. The quantitative estimate of drug-likeness (QED) is 0.910. The largest absolute Gasteiger partial charge is 0.480 e. The van der Waals surface area contributed by atoms with Crippen LogP contribution in [-0.4, -0.2) is 34.0 Å². The number of benzene rings is 1. The summed E-state index contributed by atoms with van der Waals surface area (Å²) in [6.07, 6.45) is 2.08. The van der Waals surface area contributed by atoms with Gasteiger partial charge in [0.15, 0.2) is 0 Å². The van der Waals surface area contributed by atoms with Crippen molar-refractivity contribution < 1.29 is 19.1 Å². The van der Waals surface area contributed by atoms with Crippen molar-refractivity contribution in [3.05, 3.63) is 35.6 Å². The normalized spacial score (nSPS) is 22.6. The average molecular weight is 307 g/mol. The molecule has 1 aliphatic heterocycles. The van der Waals surface area contributed by atoms with Crippen molar-refractivity contribution in [1.29, 1.82) is 0 Å². The third-order valence-electron chi connectivity index (χ3n) is 4.40. The molecule has 1 aliphatic rings. The maximum atomic E-state index is 13.2. The van der Waals surface area contributed by atoms with Crippen molar-refractivity contribution >= 4 is 11.9 Å². The first-order valence-electron chi connectivity index (χ1n) is 7.61. The van der Waals surface area contributed by atoms with E-state index in [0.717, 1.165) is 5.56 Å². The molecule has 1 amide bonds. The molecule has 1 N–H and O–H groups in total. The van der Waals surface area contributed by atoms with Crippen LogP contribution in [-0.2, 0) is 16.0 Å². The molecule has 120 valence electrons. The minimum atomic E-state index is -1.09. The zero-order valence-electron chi connectivity index (χ0n) is 13.0. The smallest absolute Gasteiger partial charge is 0.329 e. The van der Waals surface area contributed by atoms with E-state index in [1.807, 2.05) is 13.0 Å². The van der Waals surface area contributed by atoms with E-state index < -0.39 is 11.5 Å². The van der Waals surface area contributed by atoms with Gasteiger partial charge in [-0.05, 0) is 49.8 Å². The highest BCUT2D eigenvalue weighted by atomic mass is 19.1. The lowest BCUT2D eigenvalue weighted by atomic mass is 9.95.